The second-order valence-electron chi connectivity index (χ2n) is 6.51. The van der Waals surface area contributed by atoms with E-state index in [9.17, 15) is 0 Å². The van der Waals surface area contributed by atoms with Crippen molar-refractivity contribution in [3.05, 3.63) is 56.6 Å². The summed E-state index contributed by atoms with van der Waals surface area (Å²) in [5, 5.41) is 0. The fourth-order valence-electron chi connectivity index (χ4n) is 2.84. The van der Waals surface area contributed by atoms with Crippen LogP contribution >= 0.6 is 0 Å². The summed E-state index contributed by atoms with van der Waals surface area (Å²) in [7, 11) is 1.46. The molecule has 2 rings (SSSR count). The van der Waals surface area contributed by atoms with Crippen molar-refractivity contribution in [1.82, 2.24) is 0 Å². The SMILES string of the molecule is Cc1cc(C)c(C)c(O[B]Oc2c(C)c(C)cc(C)c2C)c1C. The van der Waals surface area contributed by atoms with Crippen LogP contribution in [-0.4, -0.2) is 7.69 Å². The number of hydrogen-bond donors (Lipinski definition) is 0. The van der Waals surface area contributed by atoms with Crippen molar-refractivity contribution in [2.24, 2.45) is 0 Å². The van der Waals surface area contributed by atoms with Crippen molar-refractivity contribution >= 4 is 7.69 Å². The van der Waals surface area contributed by atoms with Crippen molar-refractivity contribution in [2.45, 2.75) is 55.4 Å². The van der Waals surface area contributed by atoms with Crippen molar-refractivity contribution in [3.8, 4) is 11.5 Å². The molecule has 1 radical (unpaired) electrons. The number of benzene rings is 2. The molecule has 0 aliphatic heterocycles. The van der Waals surface area contributed by atoms with Gasteiger partial charge >= 0.3 is 7.69 Å². The average molecular weight is 309 g/mol. The van der Waals surface area contributed by atoms with Crippen LogP contribution in [0.1, 0.15) is 44.5 Å². The summed E-state index contributed by atoms with van der Waals surface area (Å²) in [5.41, 5.74) is 9.54. The maximum absolute atomic E-state index is 5.88. The highest BCUT2D eigenvalue weighted by atomic mass is 16.6. The zero-order valence-electron chi connectivity index (χ0n) is 15.5. The molecule has 0 aliphatic rings. The molecule has 3 heteroatoms. The van der Waals surface area contributed by atoms with Gasteiger partial charge in [0.1, 0.15) is 11.5 Å². The van der Waals surface area contributed by atoms with Crippen LogP contribution in [0.4, 0.5) is 0 Å². The molecule has 0 bridgehead atoms. The van der Waals surface area contributed by atoms with Crippen molar-refractivity contribution in [3.63, 3.8) is 0 Å². The molecule has 0 aromatic heterocycles. The van der Waals surface area contributed by atoms with Crippen molar-refractivity contribution in [2.75, 3.05) is 0 Å². The van der Waals surface area contributed by atoms with Gasteiger partial charge in [0.25, 0.3) is 0 Å². The van der Waals surface area contributed by atoms with E-state index in [1.807, 2.05) is 0 Å². The summed E-state index contributed by atoms with van der Waals surface area (Å²) in [6, 6.07) is 4.38. The van der Waals surface area contributed by atoms with E-state index < -0.39 is 0 Å². The first-order chi connectivity index (χ1) is 10.7. The Morgan fingerprint density at radius 2 is 0.783 bits per heavy atom. The van der Waals surface area contributed by atoms with Crippen molar-refractivity contribution < 1.29 is 9.31 Å². The van der Waals surface area contributed by atoms with Crippen LogP contribution in [0.5, 0.6) is 11.5 Å². The molecule has 0 fully saturated rings. The summed E-state index contributed by atoms with van der Waals surface area (Å²) in [6.07, 6.45) is 0. The standard InChI is InChI=1S/C20H26BO2/c1-11-9-12(2)16(6)19(15(11)5)22-21-23-20-17(7)13(3)10-14(4)18(20)8/h9-10H,1-8H3. The monoisotopic (exact) mass is 309 g/mol. The van der Waals surface area contributed by atoms with E-state index in [2.05, 4.69) is 67.5 Å². The summed E-state index contributed by atoms with van der Waals surface area (Å²) < 4.78 is 11.8. The Morgan fingerprint density at radius 1 is 0.522 bits per heavy atom. The lowest BCUT2D eigenvalue weighted by Crippen LogP contribution is -2.15. The van der Waals surface area contributed by atoms with Gasteiger partial charge in [-0.25, -0.2) is 0 Å². The van der Waals surface area contributed by atoms with Gasteiger partial charge < -0.3 is 9.31 Å². The van der Waals surface area contributed by atoms with Crippen molar-refractivity contribution in [1.29, 1.82) is 0 Å². The molecule has 0 N–H and O–H groups in total. The second kappa shape index (κ2) is 6.70. The fraction of sp³-hybridized carbons (Fsp3) is 0.400. The van der Waals surface area contributed by atoms with Gasteiger partial charge in [0.05, 0.1) is 0 Å². The molecule has 2 nitrogen and oxygen atoms in total. The molecular weight excluding hydrogens is 283 g/mol. The lowest BCUT2D eigenvalue weighted by atomic mass is 9.99. The summed E-state index contributed by atoms with van der Waals surface area (Å²) in [4.78, 5) is 0. The number of hydrogen-bond acceptors (Lipinski definition) is 2. The minimum Gasteiger partial charge on any atom is -0.526 e. The molecule has 121 valence electrons. The van der Waals surface area contributed by atoms with Gasteiger partial charge in [0, 0.05) is 0 Å². The van der Waals surface area contributed by atoms with Crippen LogP contribution in [0, 0.1) is 55.4 Å². The highest BCUT2D eigenvalue weighted by Gasteiger charge is 2.14. The molecule has 0 saturated heterocycles. The predicted octanol–water partition coefficient (Wildman–Crippen LogP) is 5.15. The van der Waals surface area contributed by atoms with Gasteiger partial charge in [-0.3, -0.25) is 0 Å². The lowest BCUT2D eigenvalue weighted by molar-refractivity contribution is 0.450. The third-order valence-electron chi connectivity index (χ3n) is 4.93. The highest BCUT2D eigenvalue weighted by Crippen LogP contribution is 2.31. The van der Waals surface area contributed by atoms with Crippen LogP contribution in [0.15, 0.2) is 12.1 Å². The van der Waals surface area contributed by atoms with Gasteiger partial charge in [0.2, 0.25) is 0 Å². The van der Waals surface area contributed by atoms with Crippen LogP contribution in [0.3, 0.4) is 0 Å². The quantitative estimate of drug-likeness (QED) is 0.728. The lowest BCUT2D eigenvalue weighted by Gasteiger charge is -2.18. The van der Waals surface area contributed by atoms with Crippen LogP contribution in [0.25, 0.3) is 0 Å². The van der Waals surface area contributed by atoms with E-state index in [1.165, 1.54) is 29.9 Å². The molecule has 0 heterocycles. The second-order valence-corrected chi connectivity index (χ2v) is 6.51. The predicted molar refractivity (Wildman–Crippen MR) is 97.8 cm³/mol. The molecule has 0 saturated carbocycles. The van der Waals surface area contributed by atoms with Gasteiger partial charge in [-0.05, 0) is 99.9 Å². The van der Waals surface area contributed by atoms with E-state index in [0.29, 0.717) is 0 Å². The fourth-order valence-corrected chi connectivity index (χ4v) is 2.84. The number of rotatable bonds is 4. The third-order valence-corrected chi connectivity index (χ3v) is 4.93. The summed E-state index contributed by atoms with van der Waals surface area (Å²) in [6.45, 7) is 16.7. The van der Waals surface area contributed by atoms with Crippen LogP contribution in [0.2, 0.25) is 0 Å². The summed E-state index contributed by atoms with van der Waals surface area (Å²) >= 11 is 0. The van der Waals surface area contributed by atoms with E-state index in [1.54, 1.807) is 0 Å². The summed E-state index contributed by atoms with van der Waals surface area (Å²) in [5.74, 6) is 1.78. The minimum absolute atomic E-state index is 0.891. The largest absolute Gasteiger partial charge is 0.658 e. The number of aryl methyl sites for hydroxylation is 4. The Bertz CT molecular complexity index is 632. The van der Waals surface area contributed by atoms with Crippen LogP contribution in [-0.2, 0) is 0 Å². The topological polar surface area (TPSA) is 18.5 Å². The molecule has 0 spiro atoms. The first-order valence-electron chi connectivity index (χ1n) is 8.03. The molecule has 0 atom stereocenters. The van der Waals surface area contributed by atoms with E-state index in [4.69, 9.17) is 9.31 Å². The van der Waals surface area contributed by atoms with Crippen LogP contribution < -0.4 is 9.31 Å². The maximum atomic E-state index is 5.88. The normalized spacial score (nSPS) is 10.6. The first-order valence-corrected chi connectivity index (χ1v) is 8.03. The van der Waals surface area contributed by atoms with Gasteiger partial charge in [-0.1, -0.05) is 12.1 Å². The van der Waals surface area contributed by atoms with E-state index >= 15 is 0 Å². The smallest absolute Gasteiger partial charge is 0.526 e. The Balaban J connectivity index is 2.22. The zero-order chi connectivity index (χ0) is 17.3. The van der Waals surface area contributed by atoms with Gasteiger partial charge in [-0.2, -0.15) is 0 Å². The average Bonchev–Trinajstić information content (AvgIpc) is 2.49. The first kappa shape index (κ1) is 17.5. The highest BCUT2D eigenvalue weighted by molar-refractivity contribution is 6.21. The minimum atomic E-state index is 0.891. The molecule has 0 unspecified atom stereocenters. The zero-order valence-corrected chi connectivity index (χ0v) is 15.5. The molecular formula is C20H26BO2. The molecule has 2 aromatic rings. The maximum Gasteiger partial charge on any atom is 0.658 e. The Labute approximate surface area is 141 Å². The van der Waals surface area contributed by atoms with Gasteiger partial charge in [0.15, 0.2) is 0 Å². The Hall–Kier alpha value is -1.90. The molecule has 0 aliphatic carbocycles. The Morgan fingerprint density at radius 3 is 1.04 bits per heavy atom. The van der Waals surface area contributed by atoms with E-state index in [-0.39, 0.29) is 0 Å². The third kappa shape index (κ3) is 3.39. The molecule has 23 heavy (non-hydrogen) atoms. The van der Waals surface area contributed by atoms with Gasteiger partial charge in [-0.15, -0.1) is 0 Å². The van der Waals surface area contributed by atoms with E-state index in [0.717, 1.165) is 33.8 Å². The molecule has 2 aromatic carbocycles. The molecule has 0 amide bonds. The Kier molecular flexibility index (Phi) is 5.08.